The molecule has 1 amide bonds. The molecule has 1 aliphatic rings. The standard InChI is InChI=1S/C28H25BrN2O6S/c1-36-24-13-12-21(29)25(27(24)37-2)28(33)30-16-14-20-19-10-6-7-11-22(19)31(26(20)23(32)15-17-30)38(34,35)18-8-4-3-5-9-18/h3-13H,14-17H2,1-2H3. The number of aromatic nitrogens is 1. The van der Waals surface area contributed by atoms with Crippen molar-refractivity contribution in [2.75, 3.05) is 27.3 Å². The van der Waals surface area contributed by atoms with E-state index in [4.69, 9.17) is 9.47 Å². The van der Waals surface area contributed by atoms with E-state index >= 15 is 0 Å². The van der Waals surface area contributed by atoms with Crippen molar-refractivity contribution in [3.05, 3.63) is 88.0 Å². The smallest absolute Gasteiger partial charge is 0.268 e. The quantitative estimate of drug-likeness (QED) is 0.324. The molecule has 1 aromatic heterocycles. The van der Waals surface area contributed by atoms with Gasteiger partial charge in [0.1, 0.15) is 5.69 Å². The van der Waals surface area contributed by atoms with Gasteiger partial charge in [0.15, 0.2) is 17.3 Å². The van der Waals surface area contributed by atoms with E-state index in [0.29, 0.717) is 44.4 Å². The number of hydrogen-bond acceptors (Lipinski definition) is 6. The number of carbonyl (C=O) groups excluding carboxylic acids is 2. The van der Waals surface area contributed by atoms with Gasteiger partial charge in [-0.05, 0) is 58.2 Å². The van der Waals surface area contributed by atoms with Crippen LogP contribution < -0.4 is 9.47 Å². The number of amides is 1. The molecular weight excluding hydrogens is 572 g/mol. The topological polar surface area (TPSA) is 94.9 Å². The van der Waals surface area contributed by atoms with Crippen LogP contribution in [0.15, 0.2) is 76.1 Å². The van der Waals surface area contributed by atoms with Crippen LogP contribution >= 0.6 is 15.9 Å². The molecule has 0 radical (unpaired) electrons. The number of halogens is 1. The molecule has 0 fully saturated rings. The van der Waals surface area contributed by atoms with Crippen LogP contribution in [0.5, 0.6) is 11.5 Å². The van der Waals surface area contributed by atoms with Gasteiger partial charge in [0, 0.05) is 29.4 Å². The second kappa shape index (κ2) is 10.3. The zero-order valence-electron chi connectivity index (χ0n) is 20.8. The summed E-state index contributed by atoms with van der Waals surface area (Å²) in [6, 6.07) is 18.6. The summed E-state index contributed by atoms with van der Waals surface area (Å²) in [6.45, 7) is 0.405. The van der Waals surface area contributed by atoms with Crippen LogP contribution in [-0.2, 0) is 16.4 Å². The van der Waals surface area contributed by atoms with Gasteiger partial charge in [-0.25, -0.2) is 12.4 Å². The predicted molar refractivity (Wildman–Crippen MR) is 147 cm³/mol. The van der Waals surface area contributed by atoms with Crippen molar-refractivity contribution in [1.82, 2.24) is 8.87 Å². The lowest BCUT2D eigenvalue weighted by Gasteiger charge is -2.26. The number of ketones is 1. The van der Waals surface area contributed by atoms with E-state index in [-0.39, 0.29) is 41.8 Å². The molecule has 8 nitrogen and oxygen atoms in total. The lowest BCUT2D eigenvalue weighted by molar-refractivity contribution is 0.0736. The largest absolute Gasteiger partial charge is 0.493 e. The summed E-state index contributed by atoms with van der Waals surface area (Å²) >= 11 is 3.45. The van der Waals surface area contributed by atoms with E-state index in [1.165, 1.54) is 30.3 Å². The molecule has 0 N–H and O–H groups in total. The fourth-order valence-electron chi connectivity index (χ4n) is 4.94. The lowest BCUT2D eigenvalue weighted by Crippen LogP contribution is -2.37. The summed E-state index contributed by atoms with van der Waals surface area (Å²) in [5.41, 5.74) is 1.50. The first-order valence-electron chi connectivity index (χ1n) is 12.0. The van der Waals surface area contributed by atoms with Crippen LogP contribution in [0.3, 0.4) is 0 Å². The SMILES string of the molecule is COc1ccc(Br)c(C(=O)N2CCC(=O)c3c(c4ccccc4n3S(=O)(=O)c3ccccc3)CC2)c1OC. The highest BCUT2D eigenvalue weighted by atomic mass is 79.9. The number of ether oxygens (including phenoxy) is 2. The van der Waals surface area contributed by atoms with Crippen molar-refractivity contribution < 1.29 is 27.5 Å². The van der Waals surface area contributed by atoms with Gasteiger partial charge in [0.05, 0.1) is 30.2 Å². The molecule has 4 aromatic rings. The molecule has 0 saturated carbocycles. The minimum absolute atomic E-state index is 0.0384. The number of fused-ring (bicyclic) bond motifs is 3. The van der Waals surface area contributed by atoms with Crippen LogP contribution in [0, 0.1) is 0 Å². The number of benzene rings is 3. The molecule has 38 heavy (non-hydrogen) atoms. The molecule has 0 bridgehead atoms. The molecule has 0 spiro atoms. The van der Waals surface area contributed by atoms with Crippen molar-refractivity contribution >= 4 is 48.5 Å². The van der Waals surface area contributed by atoms with Gasteiger partial charge in [-0.3, -0.25) is 9.59 Å². The Labute approximate surface area is 228 Å². The zero-order valence-corrected chi connectivity index (χ0v) is 23.2. The number of rotatable bonds is 5. The minimum atomic E-state index is -4.04. The first-order chi connectivity index (χ1) is 18.3. The molecule has 0 saturated heterocycles. The van der Waals surface area contributed by atoms with Gasteiger partial charge in [0.25, 0.3) is 15.9 Å². The monoisotopic (exact) mass is 596 g/mol. The van der Waals surface area contributed by atoms with Crippen molar-refractivity contribution in [2.45, 2.75) is 17.7 Å². The van der Waals surface area contributed by atoms with E-state index in [0.717, 1.165) is 0 Å². The van der Waals surface area contributed by atoms with Gasteiger partial charge in [-0.2, -0.15) is 0 Å². The number of hydrogen-bond donors (Lipinski definition) is 0. The molecule has 0 atom stereocenters. The average molecular weight is 597 g/mol. The Hall–Kier alpha value is -3.63. The maximum absolute atomic E-state index is 13.8. The van der Waals surface area contributed by atoms with Crippen LogP contribution in [0.1, 0.15) is 32.8 Å². The van der Waals surface area contributed by atoms with Gasteiger partial charge in [-0.1, -0.05) is 36.4 Å². The van der Waals surface area contributed by atoms with Gasteiger partial charge < -0.3 is 14.4 Å². The normalized spacial score (nSPS) is 14.1. The van der Waals surface area contributed by atoms with Crippen molar-refractivity contribution in [3.8, 4) is 11.5 Å². The highest BCUT2D eigenvalue weighted by Gasteiger charge is 2.33. The number of carbonyl (C=O) groups is 2. The summed E-state index contributed by atoms with van der Waals surface area (Å²) in [5, 5.41) is 0.671. The molecule has 0 unspecified atom stereocenters. The second-order valence-corrected chi connectivity index (χ2v) is 11.4. The highest BCUT2D eigenvalue weighted by molar-refractivity contribution is 9.10. The second-order valence-electron chi connectivity index (χ2n) is 8.80. The maximum Gasteiger partial charge on any atom is 0.268 e. The van der Waals surface area contributed by atoms with Crippen molar-refractivity contribution in [3.63, 3.8) is 0 Å². The fraction of sp³-hybridized carbons (Fsp3) is 0.214. The fourth-order valence-corrected chi connectivity index (χ4v) is 7.00. The molecule has 10 heteroatoms. The number of Topliss-reactive ketones (excluding diaryl/α,β-unsaturated/α-hetero) is 1. The molecule has 0 aliphatic carbocycles. The number of methoxy groups -OCH3 is 2. The first kappa shape index (κ1) is 26.0. The van der Waals surface area contributed by atoms with Gasteiger partial charge in [-0.15, -0.1) is 0 Å². The average Bonchev–Trinajstić information content (AvgIpc) is 3.26. The Morgan fingerprint density at radius 1 is 0.895 bits per heavy atom. The molecule has 196 valence electrons. The lowest BCUT2D eigenvalue weighted by atomic mass is 10.0. The predicted octanol–water partition coefficient (Wildman–Crippen LogP) is 4.93. The molecular formula is C28H25BrN2O6S. The summed E-state index contributed by atoms with van der Waals surface area (Å²) in [4.78, 5) is 29.1. The van der Waals surface area contributed by atoms with E-state index in [1.54, 1.807) is 47.4 Å². The van der Waals surface area contributed by atoms with Crippen molar-refractivity contribution in [1.29, 1.82) is 0 Å². The van der Waals surface area contributed by atoms with Crippen molar-refractivity contribution in [2.24, 2.45) is 0 Å². The Kier molecular flexibility index (Phi) is 7.02. The van der Waals surface area contributed by atoms with Gasteiger partial charge >= 0.3 is 0 Å². The maximum atomic E-state index is 13.8. The van der Waals surface area contributed by atoms with Gasteiger partial charge in [0.2, 0.25) is 0 Å². The van der Waals surface area contributed by atoms with Crippen LogP contribution in [-0.4, -0.2) is 56.3 Å². The first-order valence-corrected chi connectivity index (χ1v) is 14.2. The third kappa shape index (κ3) is 4.27. The molecule has 2 heterocycles. The summed E-state index contributed by atoms with van der Waals surface area (Å²) < 4.78 is 40.1. The summed E-state index contributed by atoms with van der Waals surface area (Å²) in [7, 11) is -1.08. The summed E-state index contributed by atoms with van der Waals surface area (Å²) in [5.74, 6) is 0.0551. The van der Waals surface area contributed by atoms with Crippen LogP contribution in [0.25, 0.3) is 10.9 Å². The molecule has 5 rings (SSSR count). The number of nitrogens with zero attached hydrogens (tertiary/aromatic N) is 2. The third-order valence-electron chi connectivity index (χ3n) is 6.72. The van der Waals surface area contributed by atoms with Crippen LogP contribution in [0.2, 0.25) is 0 Å². The Bertz CT molecular complexity index is 1660. The van der Waals surface area contributed by atoms with E-state index in [9.17, 15) is 18.0 Å². The Morgan fingerprint density at radius 2 is 1.58 bits per heavy atom. The van der Waals surface area contributed by atoms with E-state index in [1.807, 2.05) is 12.1 Å². The summed E-state index contributed by atoms with van der Waals surface area (Å²) in [6.07, 6.45) is 0.262. The zero-order chi connectivity index (χ0) is 27.0. The van der Waals surface area contributed by atoms with E-state index < -0.39 is 10.0 Å². The third-order valence-corrected chi connectivity index (χ3v) is 9.11. The Balaban J connectivity index is 1.60. The minimum Gasteiger partial charge on any atom is -0.493 e. The molecule has 1 aliphatic heterocycles. The number of para-hydroxylation sites is 1. The molecule has 3 aromatic carbocycles. The van der Waals surface area contributed by atoms with Crippen LogP contribution in [0.4, 0.5) is 0 Å². The highest BCUT2D eigenvalue weighted by Crippen LogP contribution is 2.38. The van der Waals surface area contributed by atoms with E-state index in [2.05, 4.69) is 15.9 Å². The Morgan fingerprint density at radius 3 is 2.29 bits per heavy atom.